The van der Waals surface area contributed by atoms with Crippen LogP contribution >= 0.6 is 0 Å². The molecule has 128 valence electrons. The molecule has 0 bridgehead atoms. The van der Waals surface area contributed by atoms with Gasteiger partial charge in [0.2, 0.25) is 0 Å². The number of hydrogen-bond donors (Lipinski definition) is 1. The van der Waals surface area contributed by atoms with E-state index in [1.165, 1.54) is 0 Å². The Hall–Kier alpha value is -2.49. The van der Waals surface area contributed by atoms with Crippen LogP contribution in [0.1, 0.15) is 31.9 Å². The molecule has 0 spiro atoms. The molecule has 0 aliphatic heterocycles. The normalized spacial score (nSPS) is 11.9. The second-order valence-corrected chi connectivity index (χ2v) is 6.21. The Labute approximate surface area is 143 Å². The number of anilines is 1. The number of carbonyl (C=O) groups excluding carboxylic acids is 1. The Balaban J connectivity index is 1.97. The van der Waals surface area contributed by atoms with E-state index in [-0.39, 0.29) is 12.0 Å². The maximum atomic E-state index is 12.3. The SMILES string of the molecule is Cc1ccc(C)c(OC(C)C(=O)Nc2ccc(OC(C)C)cc2)c1. The summed E-state index contributed by atoms with van der Waals surface area (Å²) in [4.78, 5) is 12.3. The number of ether oxygens (including phenoxy) is 2. The largest absolute Gasteiger partial charge is 0.491 e. The molecule has 1 N–H and O–H groups in total. The van der Waals surface area contributed by atoms with Gasteiger partial charge in [-0.1, -0.05) is 12.1 Å². The van der Waals surface area contributed by atoms with E-state index in [1.54, 1.807) is 6.92 Å². The molecule has 0 saturated carbocycles. The summed E-state index contributed by atoms with van der Waals surface area (Å²) in [6, 6.07) is 13.3. The first-order valence-electron chi connectivity index (χ1n) is 8.16. The van der Waals surface area contributed by atoms with E-state index in [0.717, 1.165) is 22.6 Å². The van der Waals surface area contributed by atoms with Gasteiger partial charge < -0.3 is 14.8 Å². The first-order chi connectivity index (χ1) is 11.3. The molecule has 1 atom stereocenters. The van der Waals surface area contributed by atoms with Crippen LogP contribution in [-0.2, 0) is 4.79 Å². The molecular formula is C20H25NO3. The molecule has 0 aliphatic rings. The minimum absolute atomic E-state index is 0.122. The van der Waals surface area contributed by atoms with Crippen LogP contribution in [0.2, 0.25) is 0 Å². The summed E-state index contributed by atoms with van der Waals surface area (Å²) in [5.41, 5.74) is 2.83. The van der Waals surface area contributed by atoms with Gasteiger partial charge in [-0.2, -0.15) is 0 Å². The van der Waals surface area contributed by atoms with Crippen molar-refractivity contribution in [3.63, 3.8) is 0 Å². The van der Waals surface area contributed by atoms with Gasteiger partial charge in [-0.05, 0) is 76.1 Å². The van der Waals surface area contributed by atoms with Crippen molar-refractivity contribution in [2.24, 2.45) is 0 Å². The molecule has 0 radical (unpaired) electrons. The van der Waals surface area contributed by atoms with Crippen molar-refractivity contribution in [2.45, 2.75) is 46.8 Å². The zero-order valence-electron chi connectivity index (χ0n) is 14.9. The summed E-state index contributed by atoms with van der Waals surface area (Å²) >= 11 is 0. The highest BCUT2D eigenvalue weighted by molar-refractivity contribution is 5.94. The van der Waals surface area contributed by atoms with E-state index in [4.69, 9.17) is 9.47 Å². The van der Waals surface area contributed by atoms with Gasteiger partial charge in [0.25, 0.3) is 5.91 Å². The minimum Gasteiger partial charge on any atom is -0.491 e. The van der Waals surface area contributed by atoms with Crippen molar-refractivity contribution < 1.29 is 14.3 Å². The molecule has 0 fully saturated rings. The molecule has 4 heteroatoms. The second-order valence-electron chi connectivity index (χ2n) is 6.21. The van der Waals surface area contributed by atoms with Crippen molar-refractivity contribution in [3.05, 3.63) is 53.6 Å². The molecule has 2 aromatic rings. The maximum absolute atomic E-state index is 12.3. The number of nitrogens with one attached hydrogen (secondary N) is 1. The van der Waals surface area contributed by atoms with Crippen LogP contribution in [0, 0.1) is 13.8 Å². The molecule has 1 unspecified atom stereocenters. The first kappa shape index (κ1) is 17.9. The molecule has 24 heavy (non-hydrogen) atoms. The summed E-state index contributed by atoms with van der Waals surface area (Å²) < 4.78 is 11.4. The first-order valence-corrected chi connectivity index (χ1v) is 8.16. The van der Waals surface area contributed by atoms with Gasteiger partial charge in [0.15, 0.2) is 6.10 Å². The van der Waals surface area contributed by atoms with E-state index >= 15 is 0 Å². The molecule has 2 aromatic carbocycles. The van der Waals surface area contributed by atoms with Gasteiger partial charge in [-0.25, -0.2) is 0 Å². The number of carbonyl (C=O) groups is 1. The quantitative estimate of drug-likeness (QED) is 0.850. The lowest BCUT2D eigenvalue weighted by molar-refractivity contribution is -0.122. The number of hydrogen-bond acceptors (Lipinski definition) is 3. The van der Waals surface area contributed by atoms with E-state index in [2.05, 4.69) is 5.32 Å². The number of amides is 1. The molecule has 0 aromatic heterocycles. The smallest absolute Gasteiger partial charge is 0.265 e. The highest BCUT2D eigenvalue weighted by Crippen LogP contribution is 2.21. The fraction of sp³-hybridized carbons (Fsp3) is 0.350. The predicted molar refractivity (Wildman–Crippen MR) is 96.8 cm³/mol. The average Bonchev–Trinajstić information content (AvgIpc) is 2.52. The van der Waals surface area contributed by atoms with Crippen LogP contribution in [0.15, 0.2) is 42.5 Å². The molecule has 1 amide bonds. The zero-order valence-corrected chi connectivity index (χ0v) is 14.9. The lowest BCUT2D eigenvalue weighted by Crippen LogP contribution is -2.30. The minimum atomic E-state index is -0.586. The monoisotopic (exact) mass is 327 g/mol. The predicted octanol–water partition coefficient (Wildman–Crippen LogP) is 4.50. The van der Waals surface area contributed by atoms with Gasteiger partial charge in [0.1, 0.15) is 11.5 Å². The summed E-state index contributed by atoms with van der Waals surface area (Å²) in [6.45, 7) is 9.65. The van der Waals surface area contributed by atoms with Crippen molar-refractivity contribution in [2.75, 3.05) is 5.32 Å². The van der Waals surface area contributed by atoms with Crippen LogP contribution in [0.25, 0.3) is 0 Å². The molecule has 2 rings (SSSR count). The third-order valence-electron chi connectivity index (χ3n) is 3.51. The Morgan fingerprint density at radius 1 is 0.958 bits per heavy atom. The van der Waals surface area contributed by atoms with E-state index in [9.17, 15) is 4.79 Å². The summed E-state index contributed by atoms with van der Waals surface area (Å²) in [5.74, 6) is 1.33. The van der Waals surface area contributed by atoms with E-state index < -0.39 is 6.10 Å². The fourth-order valence-electron chi connectivity index (χ4n) is 2.21. The summed E-state index contributed by atoms with van der Waals surface area (Å²) in [6.07, 6.45) is -0.464. The van der Waals surface area contributed by atoms with Crippen molar-refractivity contribution in [1.82, 2.24) is 0 Å². The summed E-state index contributed by atoms with van der Waals surface area (Å²) in [7, 11) is 0. The third kappa shape index (κ3) is 5.01. The van der Waals surface area contributed by atoms with Crippen LogP contribution in [0.5, 0.6) is 11.5 Å². The molecule has 0 aliphatic carbocycles. The number of rotatable bonds is 6. The van der Waals surface area contributed by atoms with Crippen LogP contribution in [-0.4, -0.2) is 18.1 Å². The lowest BCUT2D eigenvalue weighted by Gasteiger charge is -2.17. The Morgan fingerprint density at radius 3 is 2.25 bits per heavy atom. The van der Waals surface area contributed by atoms with Gasteiger partial charge in [0, 0.05) is 5.69 Å². The molecule has 0 heterocycles. The summed E-state index contributed by atoms with van der Waals surface area (Å²) in [5, 5.41) is 2.86. The second kappa shape index (κ2) is 7.86. The zero-order chi connectivity index (χ0) is 17.7. The molecule has 4 nitrogen and oxygen atoms in total. The standard InChI is InChI=1S/C20H25NO3/c1-13(2)23-18-10-8-17(9-11-18)21-20(22)16(5)24-19-12-14(3)6-7-15(19)4/h6-13,16H,1-5H3,(H,21,22). The van der Waals surface area contributed by atoms with Gasteiger partial charge >= 0.3 is 0 Å². The maximum Gasteiger partial charge on any atom is 0.265 e. The third-order valence-corrected chi connectivity index (χ3v) is 3.51. The van der Waals surface area contributed by atoms with Gasteiger partial charge in [-0.3, -0.25) is 4.79 Å². The highest BCUT2D eigenvalue weighted by Gasteiger charge is 2.16. The Bertz CT molecular complexity index is 693. The van der Waals surface area contributed by atoms with Crippen molar-refractivity contribution in [3.8, 4) is 11.5 Å². The molecular weight excluding hydrogens is 302 g/mol. The lowest BCUT2D eigenvalue weighted by atomic mass is 10.1. The van der Waals surface area contributed by atoms with Gasteiger partial charge in [0.05, 0.1) is 6.10 Å². The van der Waals surface area contributed by atoms with Crippen LogP contribution in [0.4, 0.5) is 5.69 Å². The van der Waals surface area contributed by atoms with Gasteiger partial charge in [-0.15, -0.1) is 0 Å². The Morgan fingerprint density at radius 2 is 1.62 bits per heavy atom. The highest BCUT2D eigenvalue weighted by atomic mass is 16.5. The number of benzene rings is 2. The van der Waals surface area contributed by atoms with Crippen LogP contribution in [0.3, 0.4) is 0 Å². The molecule has 0 saturated heterocycles. The Kier molecular flexibility index (Phi) is 5.85. The fourth-order valence-corrected chi connectivity index (χ4v) is 2.21. The van der Waals surface area contributed by atoms with Crippen molar-refractivity contribution in [1.29, 1.82) is 0 Å². The topological polar surface area (TPSA) is 47.6 Å². The van der Waals surface area contributed by atoms with Crippen LogP contribution < -0.4 is 14.8 Å². The van der Waals surface area contributed by atoms with E-state index in [1.807, 2.05) is 70.2 Å². The van der Waals surface area contributed by atoms with Crippen molar-refractivity contribution >= 4 is 11.6 Å². The average molecular weight is 327 g/mol. The number of aryl methyl sites for hydroxylation is 2. The van der Waals surface area contributed by atoms with E-state index in [0.29, 0.717) is 5.69 Å².